The average Bonchev–Trinajstić information content (AvgIpc) is 3.54. The van der Waals surface area contributed by atoms with Crippen LogP contribution in [0.1, 0.15) is 31.2 Å². The number of rotatable bonds is 11. The van der Waals surface area contributed by atoms with E-state index in [1.165, 1.54) is 51.0 Å². The number of carbonyl (C=O) groups excluding carboxylic acids is 3. The summed E-state index contributed by atoms with van der Waals surface area (Å²) in [5.74, 6) is -0.805. The predicted molar refractivity (Wildman–Crippen MR) is 175 cm³/mol. The number of carbonyl (C=O) groups is 3. The number of benzene rings is 3. The van der Waals surface area contributed by atoms with E-state index < -0.39 is 17.8 Å². The van der Waals surface area contributed by atoms with Gasteiger partial charge in [-0.05, 0) is 69.9 Å². The first kappa shape index (κ1) is 32.5. The molecular weight excluding hydrogens is 718 g/mol. The monoisotopic (exact) mass is 741 g/mol. The highest BCUT2D eigenvalue weighted by atomic mass is 79.9. The number of nitrogens with one attached hydrogen (secondary N) is 2. The number of methoxy groups -OCH3 is 3. The molecule has 13 heteroatoms. The molecule has 0 atom stereocenters. The fourth-order valence-corrected chi connectivity index (χ4v) is 5.81. The van der Waals surface area contributed by atoms with Crippen LogP contribution in [0.4, 0.5) is 0 Å². The van der Waals surface area contributed by atoms with E-state index in [1.54, 1.807) is 48.5 Å². The molecule has 10 nitrogen and oxygen atoms in total. The van der Waals surface area contributed by atoms with Crippen LogP contribution in [-0.4, -0.2) is 45.3 Å². The van der Waals surface area contributed by atoms with Crippen LogP contribution in [-0.2, 0) is 4.79 Å². The number of hydrogen-bond acceptors (Lipinski definition) is 9. The Labute approximate surface area is 273 Å². The molecule has 4 rings (SSSR count). The molecule has 0 spiro atoms. The third kappa shape index (κ3) is 8.13. The maximum absolute atomic E-state index is 13.2. The number of hydrogen-bond donors (Lipinski definition) is 2. The fourth-order valence-electron chi connectivity index (χ4n) is 3.81. The summed E-state index contributed by atoms with van der Waals surface area (Å²) in [7, 11) is 4.34. The summed E-state index contributed by atoms with van der Waals surface area (Å²) >= 11 is 8.24. The minimum atomic E-state index is -0.712. The zero-order chi connectivity index (χ0) is 31.6. The Kier molecular flexibility index (Phi) is 11.3. The molecule has 1 heterocycles. The summed E-state index contributed by atoms with van der Waals surface area (Å²) in [6.45, 7) is 0. The van der Waals surface area contributed by atoms with Crippen LogP contribution in [0.5, 0.6) is 23.0 Å². The maximum atomic E-state index is 13.2. The SMILES string of the molecule is COc1cc(C(=O)Oc2c(Br)cc(Br)cc2/C=N/NC(=O)/C(=C\c2cccs2)NC(=O)c2ccccc2)cc(OC)c1OC. The molecule has 1 aromatic heterocycles. The minimum Gasteiger partial charge on any atom is -0.493 e. The van der Waals surface area contributed by atoms with E-state index in [4.69, 9.17) is 18.9 Å². The third-order valence-electron chi connectivity index (χ3n) is 5.86. The summed E-state index contributed by atoms with van der Waals surface area (Å²) in [5, 5.41) is 8.57. The van der Waals surface area contributed by atoms with Crippen molar-refractivity contribution in [2.45, 2.75) is 0 Å². The van der Waals surface area contributed by atoms with E-state index in [0.717, 1.165) is 4.88 Å². The van der Waals surface area contributed by atoms with E-state index in [-0.39, 0.29) is 28.5 Å². The summed E-state index contributed by atoms with van der Waals surface area (Å²) in [6.07, 6.45) is 2.86. The number of nitrogens with zero attached hydrogens (tertiary/aromatic N) is 1. The van der Waals surface area contributed by atoms with Gasteiger partial charge in [0.25, 0.3) is 11.8 Å². The van der Waals surface area contributed by atoms with Crippen molar-refractivity contribution >= 4 is 73.3 Å². The average molecular weight is 743 g/mol. The molecule has 0 unspecified atom stereocenters. The van der Waals surface area contributed by atoms with Crippen LogP contribution in [0.25, 0.3) is 6.08 Å². The normalized spacial score (nSPS) is 11.2. The second-order valence-electron chi connectivity index (χ2n) is 8.70. The number of esters is 1. The van der Waals surface area contributed by atoms with Crippen LogP contribution in [0.3, 0.4) is 0 Å². The van der Waals surface area contributed by atoms with Crippen molar-refractivity contribution in [3.63, 3.8) is 0 Å². The van der Waals surface area contributed by atoms with E-state index in [0.29, 0.717) is 25.8 Å². The standard InChI is InChI=1S/C31H25Br2N3O7S/c1-40-25-13-19(14-26(41-2)28(25)42-3)31(39)43-27-20(12-21(32)15-23(27)33)17-34-36-30(38)24(16-22-10-7-11-44-22)35-29(37)18-8-5-4-6-9-18/h4-17H,1-3H3,(H,35,37)(H,36,38)/b24-16+,34-17+. The van der Waals surface area contributed by atoms with Crippen LogP contribution >= 0.6 is 43.2 Å². The van der Waals surface area contributed by atoms with Crippen molar-refractivity contribution < 1.29 is 33.3 Å². The van der Waals surface area contributed by atoms with E-state index in [2.05, 4.69) is 47.7 Å². The first-order valence-electron chi connectivity index (χ1n) is 12.7. The van der Waals surface area contributed by atoms with Gasteiger partial charge >= 0.3 is 5.97 Å². The largest absolute Gasteiger partial charge is 0.493 e. The lowest BCUT2D eigenvalue weighted by molar-refractivity contribution is -0.117. The molecular formula is C31H25Br2N3O7S. The predicted octanol–water partition coefficient (Wildman–Crippen LogP) is 6.44. The fraction of sp³-hybridized carbons (Fsp3) is 0.0968. The molecule has 0 fully saturated rings. The maximum Gasteiger partial charge on any atom is 0.343 e. The van der Waals surface area contributed by atoms with Gasteiger partial charge in [-0.3, -0.25) is 9.59 Å². The van der Waals surface area contributed by atoms with Gasteiger partial charge in [0.2, 0.25) is 5.75 Å². The van der Waals surface area contributed by atoms with Crippen LogP contribution < -0.4 is 29.7 Å². The van der Waals surface area contributed by atoms with E-state index >= 15 is 0 Å². The lowest BCUT2D eigenvalue weighted by Gasteiger charge is -2.15. The summed E-state index contributed by atoms with van der Waals surface area (Å²) in [6, 6.07) is 18.4. The van der Waals surface area contributed by atoms with Crippen molar-refractivity contribution in [1.82, 2.24) is 10.7 Å². The van der Waals surface area contributed by atoms with Gasteiger partial charge in [0.1, 0.15) is 5.70 Å². The molecule has 0 aliphatic heterocycles. The number of halogens is 2. The Morgan fingerprint density at radius 3 is 2.16 bits per heavy atom. The van der Waals surface area contributed by atoms with Gasteiger partial charge in [0.05, 0.1) is 37.6 Å². The zero-order valence-corrected chi connectivity index (χ0v) is 27.5. The third-order valence-corrected chi connectivity index (χ3v) is 7.73. The van der Waals surface area contributed by atoms with Crippen molar-refractivity contribution in [3.05, 3.63) is 108 Å². The van der Waals surface area contributed by atoms with E-state index in [1.807, 2.05) is 17.5 Å². The summed E-state index contributed by atoms with van der Waals surface area (Å²) in [5.41, 5.74) is 3.30. The van der Waals surface area contributed by atoms with Gasteiger partial charge in [-0.2, -0.15) is 5.10 Å². The molecule has 226 valence electrons. The van der Waals surface area contributed by atoms with Crippen molar-refractivity contribution in [2.24, 2.45) is 5.10 Å². The summed E-state index contributed by atoms with van der Waals surface area (Å²) in [4.78, 5) is 39.9. The molecule has 2 amide bonds. The molecule has 0 saturated carbocycles. The number of amides is 2. The van der Waals surface area contributed by atoms with Gasteiger partial charge in [-0.1, -0.05) is 40.2 Å². The number of ether oxygens (including phenoxy) is 4. The number of thiophene rings is 1. The molecule has 3 aromatic carbocycles. The van der Waals surface area contributed by atoms with Gasteiger partial charge < -0.3 is 24.3 Å². The minimum absolute atomic E-state index is 0.0112. The molecule has 44 heavy (non-hydrogen) atoms. The highest BCUT2D eigenvalue weighted by Crippen LogP contribution is 2.39. The Morgan fingerprint density at radius 1 is 0.841 bits per heavy atom. The smallest absolute Gasteiger partial charge is 0.343 e. The first-order chi connectivity index (χ1) is 21.2. The van der Waals surface area contributed by atoms with Gasteiger partial charge in [0.15, 0.2) is 17.2 Å². The zero-order valence-electron chi connectivity index (χ0n) is 23.6. The second-order valence-corrected chi connectivity index (χ2v) is 11.5. The highest BCUT2D eigenvalue weighted by molar-refractivity contribution is 9.11. The topological polar surface area (TPSA) is 125 Å². The number of hydrazone groups is 1. The van der Waals surface area contributed by atoms with Crippen molar-refractivity contribution in [2.75, 3.05) is 21.3 Å². The van der Waals surface area contributed by atoms with Gasteiger partial charge in [-0.25, -0.2) is 10.2 Å². The van der Waals surface area contributed by atoms with Gasteiger partial charge in [0, 0.05) is 20.5 Å². The molecule has 0 aliphatic rings. The molecule has 4 aromatic rings. The lowest BCUT2D eigenvalue weighted by atomic mass is 10.1. The molecule has 0 aliphatic carbocycles. The Hall–Kier alpha value is -4.46. The molecule has 2 N–H and O–H groups in total. The Bertz CT molecular complexity index is 1700. The second kappa shape index (κ2) is 15.3. The highest BCUT2D eigenvalue weighted by Gasteiger charge is 2.21. The first-order valence-corrected chi connectivity index (χ1v) is 15.2. The lowest BCUT2D eigenvalue weighted by Crippen LogP contribution is -2.32. The van der Waals surface area contributed by atoms with Crippen molar-refractivity contribution in [3.8, 4) is 23.0 Å². The molecule has 0 radical (unpaired) electrons. The van der Waals surface area contributed by atoms with Crippen molar-refractivity contribution in [1.29, 1.82) is 0 Å². The van der Waals surface area contributed by atoms with Crippen LogP contribution in [0, 0.1) is 0 Å². The van der Waals surface area contributed by atoms with Crippen LogP contribution in [0.2, 0.25) is 0 Å². The van der Waals surface area contributed by atoms with E-state index in [9.17, 15) is 14.4 Å². The summed E-state index contributed by atoms with van der Waals surface area (Å²) < 4.78 is 22.8. The Morgan fingerprint density at radius 2 is 1.55 bits per heavy atom. The van der Waals surface area contributed by atoms with Gasteiger partial charge in [-0.15, -0.1) is 11.3 Å². The Balaban J connectivity index is 1.57. The molecule has 0 bridgehead atoms. The quantitative estimate of drug-likeness (QED) is 0.0596. The molecule has 0 saturated heterocycles. The van der Waals surface area contributed by atoms with Crippen LogP contribution in [0.15, 0.2) is 91.9 Å².